The summed E-state index contributed by atoms with van der Waals surface area (Å²) < 4.78 is 0. The van der Waals surface area contributed by atoms with Crippen molar-refractivity contribution in [2.45, 2.75) is 105 Å². The lowest BCUT2D eigenvalue weighted by atomic mass is 9.34. The molecule has 3 fully saturated rings. The summed E-state index contributed by atoms with van der Waals surface area (Å²) >= 11 is 0. The number of hydrogen-bond acceptors (Lipinski definition) is 4. The average Bonchev–Trinajstić information content (AvgIpc) is 2.76. The summed E-state index contributed by atoms with van der Waals surface area (Å²) in [5.74, 6) is -3.60. The van der Waals surface area contributed by atoms with E-state index in [1.807, 2.05) is 13.8 Å². The van der Waals surface area contributed by atoms with Crippen LogP contribution < -0.4 is 0 Å². The third kappa shape index (κ3) is 3.51. The van der Waals surface area contributed by atoms with Gasteiger partial charge < -0.3 is 20.4 Å². The predicted molar refractivity (Wildman–Crippen MR) is 139 cm³/mol. The van der Waals surface area contributed by atoms with E-state index in [4.69, 9.17) is 0 Å². The van der Waals surface area contributed by atoms with E-state index in [1.54, 1.807) is 20.8 Å². The number of aliphatic hydroxyl groups is 1. The first-order valence-electron chi connectivity index (χ1n) is 13.9. The molecule has 7 nitrogen and oxygen atoms in total. The zero-order chi connectivity index (χ0) is 28.0. The molecule has 4 rings (SSSR count). The largest absolute Gasteiger partial charge is 0.481 e. The fraction of sp³-hybridized carbons (Fsp3) is 0.833. The van der Waals surface area contributed by atoms with Crippen LogP contribution in [0.15, 0.2) is 11.6 Å². The lowest BCUT2D eigenvalue weighted by Crippen LogP contribution is -2.67. The molecule has 4 aliphatic carbocycles. The van der Waals surface area contributed by atoms with Crippen LogP contribution in [-0.4, -0.2) is 43.9 Å². The van der Waals surface area contributed by atoms with Crippen LogP contribution in [0, 0.1) is 50.7 Å². The van der Waals surface area contributed by atoms with E-state index >= 15 is 0 Å². The normalized spacial score (nSPS) is 47.6. The molecular weight excluding hydrogens is 472 g/mol. The van der Waals surface area contributed by atoms with E-state index in [9.17, 15) is 34.8 Å². The highest BCUT2D eigenvalue weighted by Gasteiger charge is 2.71. The Hall–Kier alpha value is -1.89. The van der Waals surface area contributed by atoms with Gasteiger partial charge in [0.2, 0.25) is 0 Å². The second-order valence-corrected chi connectivity index (χ2v) is 14.5. The van der Waals surface area contributed by atoms with Gasteiger partial charge in [-0.05, 0) is 99.7 Å². The van der Waals surface area contributed by atoms with Gasteiger partial charge in [-0.1, -0.05) is 39.3 Å². The zero-order valence-corrected chi connectivity index (χ0v) is 23.6. The van der Waals surface area contributed by atoms with Gasteiger partial charge in [-0.25, -0.2) is 0 Å². The van der Waals surface area contributed by atoms with Gasteiger partial charge in [0, 0.05) is 5.92 Å². The lowest BCUT2D eigenvalue weighted by molar-refractivity contribution is -0.206. The van der Waals surface area contributed by atoms with Crippen molar-refractivity contribution < 1.29 is 34.8 Å². The van der Waals surface area contributed by atoms with Gasteiger partial charge in [0.25, 0.3) is 0 Å². The Kier molecular flexibility index (Phi) is 6.31. The van der Waals surface area contributed by atoms with Crippen LogP contribution in [0.25, 0.3) is 0 Å². The molecule has 0 aromatic rings. The van der Waals surface area contributed by atoms with Crippen LogP contribution in [0.3, 0.4) is 0 Å². The molecular formula is C30H46O7. The first-order chi connectivity index (χ1) is 16.8. The molecule has 0 aromatic carbocycles. The van der Waals surface area contributed by atoms with Crippen molar-refractivity contribution in [2.75, 3.05) is 0 Å². The third-order valence-electron chi connectivity index (χ3n) is 12.7. The van der Waals surface area contributed by atoms with Crippen molar-refractivity contribution in [3.05, 3.63) is 11.6 Å². The molecule has 0 spiro atoms. The van der Waals surface area contributed by atoms with E-state index in [2.05, 4.69) is 19.9 Å². The minimum atomic E-state index is -1.17. The van der Waals surface area contributed by atoms with Crippen molar-refractivity contribution in [3.63, 3.8) is 0 Å². The fourth-order valence-electron chi connectivity index (χ4n) is 10.1. The Balaban J connectivity index is 1.90. The number of carboxylic acids is 3. The van der Waals surface area contributed by atoms with Gasteiger partial charge in [0.1, 0.15) is 0 Å². The molecule has 9 atom stereocenters. The molecule has 37 heavy (non-hydrogen) atoms. The Morgan fingerprint density at radius 2 is 1.59 bits per heavy atom. The highest BCUT2D eigenvalue weighted by atomic mass is 16.4. The zero-order valence-electron chi connectivity index (χ0n) is 23.6. The van der Waals surface area contributed by atoms with Crippen molar-refractivity contribution in [3.8, 4) is 0 Å². The van der Waals surface area contributed by atoms with Gasteiger partial charge in [0.15, 0.2) is 0 Å². The molecule has 208 valence electrons. The summed E-state index contributed by atoms with van der Waals surface area (Å²) in [5.41, 5.74) is -3.74. The maximum absolute atomic E-state index is 12.8. The average molecular weight is 519 g/mol. The van der Waals surface area contributed by atoms with E-state index in [0.29, 0.717) is 38.5 Å². The van der Waals surface area contributed by atoms with Crippen molar-refractivity contribution in [1.82, 2.24) is 0 Å². The maximum Gasteiger partial charge on any atom is 0.310 e. The highest BCUT2D eigenvalue weighted by Crippen LogP contribution is 2.75. The Morgan fingerprint density at radius 3 is 2.14 bits per heavy atom. The molecule has 0 radical (unpaired) electrons. The number of carbonyl (C=O) groups is 3. The summed E-state index contributed by atoms with van der Waals surface area (Å²) in [6.07, 6.45) is 6.29. The summed E-state index contributed by atoms with van der Waals surface area (Å²) in [4.78, 5) is 37.4. The fourth-order valence-corrected chi connectivity index (χ4v) is 10.1. The standard InChI is InChI=1S/C30H46O7/c1-17-10-13-30(24(35)36)15-14-27(5)18(22(30)29(17,7)37)8-9-20-26(4,16-21(31)32)19(11-12-28(20,27)6)25(2,3)23(33)34/h8,17,19-20,22,37H,9-16H2,1-7H3,(H,31,32)(H,33,34)(H,35,36)/t17-,19-,20-,22-,26+,27-,28-,29-,30+/m1/s1. The summed E-state index contributed by atoms with van der Waals surface area (Å²) in [6, 6.07) is 0. The smallest absolute Gasteiger partial charge is 0.310 e. The highest BCUT2D eigenvalue weighted by molar-refractivity contribution is 5.77. The second-order valence-electron chi connectivity index (χ2n) is 14.5. The Morgan fingerprint density at radius 1 is 0.973 bits per heavy atom. The molecule has 0 unspecified atom stereocenters. The molecule has 0 heterocycles. The van der Waals surface area contributed by atoms with E-state index in [-0.39, 0.29) is 29.6 Å². The SMILES string of the molecule is C[C@@H]1CC[C@]2(C(=O)O)CC[C@]3(C)C(=CC[C@@H]4[C@@](C)(CC(=O)O)[C@@H](C(C)(C)C(=O)O)CC[C@]43C)[C@@H]2[C@]1(C)O. The van der Waals surface area contributed by atoms with Crippen molar-refractivity contribution in [1.29, 1.82) is 0 Å². The topological polar surface area (TPSA) is 132 Å². The second kappa shape index (κ2) is 8.30. The van der Waals surface area contributed by atoms with Gasteiger partial charge in [-0.2, -0.15) is 0 Å². The Bertz CT molecular complexity index is 1040. The molecule has 3 saturated carbocycles. The summed E-state index contributed by atoms with van der Waals surface area (Å²) in [7, 11) is 0. The molecule has 0 aromatic heterocycles. The number of rotatable bonds is 5. The van der Waals surface area contributed by atoms with Crippen molar-refractivity contribution >= 4 is 17.9 Å². The van der Waals surface area contributed by atoms with Crippen LogP contribution in [0.4, 0.5) is 0 Å². The third-order valence-corrected chi connectivity index (χ3v) is 12.7. The first kappa shape index (κ1) is 28.1. The minimum absolute atomic E-state index is 0.0388. The number of aliphatic carboxylic acids is 3. The summed E-state index contributed by atoms with van der Waals surface area (Å²) in [6.45, 7) is 13.7. The monoisotopic (exact) mass is 518 g/mol. The minimum Gasteiger partial charge on any atom is -0.481 e. The molecule has 0 aliphatic heterocycles. The molecule has 0 saturated heterocycles. The van der Waals surface area contributed by atoms with Gasteiger partial charge in [-0.15, -0.1) is 0 Å². The van der Waals surface area contributed by atoms with E-state index < -0.39 is 51.1 Å². The molecule has 7 heteroatoms. The molecule has 0 bridgehead atoms. The van der Waals surface area contributed by atoms with Crippen LogP contribution in [0.1, 0.15) is 99.8 Å². The molecule has 0 amide bonds. The van der Waals surface area contributed by atoms with Crippen LogP contribution in [0.5, 0.6) is 0 Å². The van der Waals surface area contributed by atoms with Crippen molar-refractivity contribution in [2.24, 2.45) is 50.7 Å². The molecule has 4 aliphatic rings. The maximum atomic E-state index is 12.8. The van der Waals surface area contributed by atoms with Crippen LogP contribution in [-0.2, 0) is 14.4 Å². The number of fused-ring (bicyclic) bond motifs is 5. The van der Waals surface area contributed by atoms with Crippen LogP contribution >= 0.6 is 0 Å². The lowest BCUT2D eigenvalue weighted by Gasteiger charge is -2.70. The Labute approximate surface area is 220 Å². The van der Waals surface area contributed by atoms with Gasteiger partial charge >= 0.3 is 17.9 Å². The first-order valence-corrected chi connectivity index (χ1v) is 13.9. The molecule has 4 N–H and O–H groups in total. The van der Waals surface area contributed by atoms with Gasteiger partial charge in [0.05, 0.1) is 22.9 Å². The van der Waals surface area contributed by atoms with E-state index in [1.165, 1.54) is 0 Å². The number of allylic oxidation sites excluding steroid dienone is 1. The number of carboxylic acid groups (broad SMARTS) is 3. The van der Waals surface area contributed by atoms with E-state index in [0.717, 1.165) is 12.0 Å². The number of hydrogen-bond donors (Lipinski definition) is 4. The van der Waals surface area contributed by atoms with Crippen LogP contribution in [0.2, 0.25) is 0 Å². The summed E-state index contributed by atoms with van der Waals surface area (Å²) in [5, 5.41) is 42.5. The van der Waals surface area contributed by atoms with Gasteiger partial charge in [-0.3, -0.25) is 14.4 Å². The quantitative estimate of drug-likeness (QED) is 0.348. The predicted octanol–water partition coefficient (Wildman–Crippen LogP) is 5.61.